The van der Waals surface area contributed by atoms with Crippen LogP contribution in [0.2, 0.25) is 0 Å². The van der Waals surface area contributed by atoms with E-state index in [9.17, 15) is 10.0 Å². The van der Waals surface area contributed by atoms with Gasteiger partial charge in [-0.15, -0.1) is 0 Å². The van der Waals surface area contributed by atoms with Crippen LogP contribution >= 0.6 is 0 Å². The number of hydrogen-bond donors (Lipinski definition) is 2. The molecule has 0 aliphatic carbocycles. The second-order valence-electron chi connectivity index (χ2n) is 6.00. The summed E-state index contributed by atoms with van der Waals surface area (Å²) in [4.78, 5) is 16.7. The van der Waals surface area contributed by atoms with Crippen molar-refractivity contribution in [1.29, 1.82) is 0 Å². The van der Waals surface area contributed by atoms with E-state index in [1.54, 1.807) is 12.3 Å². The molecule has 2 heterocycles. The molecule has 1 aromatic carbocycles. The number of hydroxylamine groups is 2. The van der Waals surface area contributed by atoms with Crippen LogP contribution in [-0.4, -0.2) is 40.3 Å². The van der Waals surface area contributed by atoms with Gasteiger partial charge in [-0.05, 0) is 38.0 Å². The lowest BCUT2D eigenvalue weighted by atomic mass is 10.1. The average molecular weight is 311 g/mol. The first-order valence-electron chi connectivity index (χ1n) is 7.89. The molecule has 23 heavy (non-hydrogen) atoms. The zero-order chi connectivity index (χ0) is 16.2. The Kier molecular flexibility index (Phi) is 4.69. The van der Waals surface area contributed by atoms with Crippen molar-refractivity contribution < 1.29 is 10.0 Å². The highest BCUT2D eigenvalue weighted by Crippen LogP contribution is 2.18. The standard InChI is InChI=1S/C18H21N3O2/c1-13-3-2-4-14(11-13)17-6-5-15(12-19-17)18(22)20-16-7-9-21(23)10-8-16/h2-6,11-12,16,23H,7-10H2,1H3,(H,20,22). The average Bonchev–Trinajstić information content (AvgIpc) is 2.57. The summed E-state index contributed by atoms with van der Waals surface area (Å²) in [7, 11) is 0. The highest BCUT2D eigenvalue weighted by molar-refractivity contribution is 5.94. The van der Waals surface area contributed by atoms with Gasteiger partial charge in [0, 0.05) is 30.9 Å². The topological polar surface area (TPSA) is 65.5 Å². The minimum atomic E-state index is -0.107. The zero-order valence-electron chi connectivity index (χ0n) is 13.2. The molecule has 0 bridgehead atoms. The van der Waals surface area contributed by atoms with Crippen LogP contribution in [0, 0.1) is 6.92 Å². The molecule has 0 radical (unpaired) electrons. The van der Waals surface area contributed by atoms with Gasteiger partial charge in [-0.1, -0.05) is 23.8 Å². The molecule has 0 atom stereocenters. The summed E-state index contributed by atoms with van der Waals surface area (Å²) in [6.45, 7) is 3.23. The highest BCUT2D eigenvalue weighted by atomic mass is 16.5. The third kappa shape index (κ3) is 3.94. The van der Waals surface area contributed by atoms with Crippen LogP contribution in [-0.2, 0) is 0 Å². The molecule has 5 nitrogen and oxygen atoms in total. The number of carbonyl (C=O) groups is 1. The van der Waals surface area contributed by atoms with Crippen molar-refractivity contribution >= 4 is 5.91 Å². The summed E-state index contributed by atoms with van der Waals surface area (Å²) < 4.78 is 0. The van der Waals surface area contributed by atoms with Crippen LogP contribution in [0.25, 0.3) is 11.3 Å². The predicted octanol–water partition coefficient (Wildman–Crippen LogP) is 2.64. The van der Waals surface area contributed by atoms with Gasteiger partial charge in [0.25, 0.3) is 5.91 Å². The molecule has 1 amide bonds. The Hall–Kier alpha value is -2.24. The first-order valence-corrected chi connectivity index (χ1v) is 7.89. The highest BCUT2D eigenvalue weighted by Gasteiger charge is 2.20. The fraction of sp³-hybridized carbons (Fsp3) is 0.333. The Morgan fingerprint density at radius 3 is 2.70 bits per heavy atom. The molecule has 0 unspecified atom stereocenters. The van der Waals surface area contributed by atoms with Crippen LogP contribution in [0.4, 0.5) is 0 Å². The van der Waals surface area contributed by atoms with Gasteiger partial charge < -0.3 is 10.5 Å². The van der Waals surface area contributed by atoms with Gasteiger partial charge in [-0.2, -0.15) is 5.06 Å². The number of carbonyl (C=O) groups excluding carboxylic acids is 1. The minimum absolute atomic E-state index is 0.107. The number of piperidine rings is 1. The lowest BCUT2D eigenvalue weighted by Gasteiger charge is -2.28. The SMILES string of the molecule is Cc1cccc(-c2ccc(C(=O)NC3CCN(O)CC3)cn2)c1. The predicted molar refractivity (Wildman–Crippen MR) is 88.3 cm³/mol. The fourth-order valence-electron chi connectivity index (χ4n) is 2.78. The van der Waals surface area contributed by atoms with Crippen molar-refractivity contribution in [2.24, 2.45) is 0 Å². The summed E-state index contributed by atoms with van der Waals surface area (Å²) in [6, 6.07) is 11.9. The lowest BCUT2D eigenvalue weighted by molar-refractivity contribution is -0.107. The number of aryl methyl sites for hydroxylation is 1. The summed E-state index contributed by atoms with van der Waals surface area (Å²) in [5.41, 5.74) is 3.65. The number of pyridine rings is 1. The molecule has 1 fully saturated rings. The number of hydrogen-bond acceptors (Lipinski definition) is 4. The van der Waals surface area contributed by atoms with Crippen LogP contribution in [0.1, 0.15) is 28.8 Å². The van der Waals surface area contributed by atoms with Gasteiger partial charge in [-0.25, -0.2) is 0 Å². The normalized spacial score (nSPS) is 16.3. The Bertz CT molecular complexity index is 677. The van der Waals surface area contributed by atoms with E-state index in [-0.39, 0.29) is 11.9 Å². The van der Waals surface area contributed by atoms with Crippen molar-refractivity contribution in [2.45, 2.75) is 25.8 Å². The first kappa shape index (κ1) is 15.6. The number of benzene rings is 1. The third-order valence-electron chi connectivity index (χ3n) is 4.15. The Balaban J connectivity index is 1.66. The second kappa shape index (κ2) is 6.89. The van der Waals surface area contributed by atoms with Crippen LogP contribution in [0.3, 0.4) is 0 Å². The Labute approximate surface area is 135 Å². The molecular formula is C18H21N3O2. The molecule has 1 saturated heterocycles. The molecule has 2 aromatic rings. The number of rotatable bonds is 3. The van der Waals surface area contributed by atoms with Crippen molar-refractivity contribution in [3.63, 3.8) is 0 Å². The molecule has 2 N–H and O–H groups in total. The van der Waals surface area contributed by atoms with E-state index < -0.39 is 0 Å². The van der Waals surface area contributed by atoms with Gasteiger partial charge >= 0.3 is 0 Å². The van der Waals surface area contributed by atoms with Crippen LogP contribution in [0.15, 0.2) is 42.6 Å². The lowest BCUT2D eigenvalue weighted by Crippen LogP contribution is -2.43. The van der Waals surface area contributed by atoms with Crippen molar-refractivity contribution in [3.8, 4) is 11.3 Å². The molecule has 1 aromatic heterocycles. The Morgan fingerprint density at radius 1 is 1.26 bits per heavy atom. The number of nitrogens with zero attached hydrogens (tertiary/aromatic N) is 2. The van der Waals surface area contributed by atoms with E-state index in [0.717, 1.165) is 24.1 Å². The molecule has 120 valence electrons. The Morgan fingerprint density at radius 2 is 2.04 bits per heavy atom. The third-order valence-corrected chi connectivity index (χ3v) is 4.15. The van der Waals surface area contributed by atoms with E-state index in [1.807, 2.05) is 31.2 Å². The largest absolute Gasteiger partial charge is 0.349 e. The summed E-state index contributed by atoms with van der Waals surface area (Å²) >= 11 is 0. The van der Waals surface area contributed by atoms with Crippen LogP contribution < -0.4 is 5.32 Å². The van der Waals surface area contributed by atoms with Crippen molar-refractivity contribution in [2.75, 3.05) is 13.1 Å². The molecule has 0 saturated carbocycles. The van der Waals surface area contributed by atoms with Gasteiger partial charge in [-0.3, -0.25) is 9.78 Å². The van der Waals surface area contributed by atoms with E-state index in [1.165, 1.54) is 10.6 Å². The van der Waals surface area contributed by atoms with E-state index in [0.29, 0.717) is 18.7 Å². The monoisotopic (exact) mass is 311 g/mol. The van der Waals surface area contributed by atoms with Crippen molar-refractivity contribution in [3.05, 3.63) is 53.7 Å². The van der Waals surface area contributed by atoms with Gasteiger partial charge in [0.2, 0.25) is 0 Å². The smallest absolute Gasteiger partial charge is 0.253 e. The van der Waals surface area contributed by atoms with E-state index >= 15 is 0 Å². The van der Waals surface area contributed by atoms with Gasteiger partial charge in [0.05, 0.1) is 11.3 Å². The second-order valence-corrected chi connectivity index (χ2v) is 6.00. The van der Waals surface area contributed by atoms with Crippen molar-refractivity contribution in [1.82, 2.24) is 15.4 Å². The molecule has 0 spiro atoms. The van der Waals surface area contributed by atoms with E-state index in [4.69, 9.17) is 0 Å². The number of aromatic nitrogens is 1. The maximum Gasteiger partial charge on any atom is 0.253 e. The summed E-state index contributed by atoms with van der Waals surface area (Å²) in [5.74, 6) is -0.107. The van der Waals surface area contributed by atoms with Crippen LogP contribution in [0.5, 0.6) is 0 Å². The van der Waals surface area contributed by atoms with Gasteiger partial charge in [0.1, 0.15) is 0 Å². The quantitative estimate of drug-likeness (QED) is 0.914. The molecule has 3 rings (SSSR count). The fourth-order valence-corrected chi connectivity index (χ4v) is 2.78. The number of nitrogens with one attached hydrogen (secondary N) is 1. The van der Waals surface area contributed by atoms with Gasteiger partial charge in [0.15, 0.2) is 0 Å². The number of amides is 1. The zero-order valence-corrected chi connectivity index (χ0v) is 13.2. The molecule has 5 heteroatoms. The maximum absolute atomic E-state index is 12.3. The summed E-state index contributed by atoms with van der Waals surface area (Å²) in [6.07, 6.45) is 3.14. The minimum Gasteiger partial charge on any atom is -0.349 e. The molecule has 1 aliphatic heterocycles. The maximum atomic E-state index is 12.3. The molecular weight excluding hydrogens is 290 g/mol. The summed E-state index contributed by atoms with van der Waals surface area (Å²) in [5, 5.41) is 13.6. The first-order chi connectivity index (χ1) is 11.1. The molecule has 1 aliphatic rings. The van der Waals surface area contributed by atoms with E-state index in [2.05, 4.69) is 16.4 Å².